The van der Waals surface area contributed by atoms with Gasteiger partial charge in [0.1, 0.15) is 0 Å². The van der Waals surface area contributed by atoms with E-state index in [0.29, 0.717) is 0 Å². The molecule has 10 heavy (non-hydrogen) atoms. The molecule has 4 heteroatoms. The summed E-state index contributed by atoms with van der Waals surface area (Å²) in [5.41, 5.74) is 0. The number of aliphatic carboxylic acids is 2. The summed E-state index contributed by atoms with van der Waals surface area (Å²) < 4.78 is 0. The Morgan fingerprint density at radius 3 is 1.80 bits per heavy atom. The van der Waals surface area contributed by atoms with Crippen molar-refractivity contribution in [2.45, 2.75) is 6.92 Å². The van der Waals surface area contributed by atoms with E-state index in [2.05, 4.69) is 5.92 Å². The summed E-state index contributed by atoms with van der Waals surface area (Å²) in [6.45, 7) is 1.33. The van der Waals surface area contributed by atoms with Gasteiger partial charge in [-0.2, -0.15) is 0 Å². The van der Waals surface area contributed by atoms with Crippen molar-refractivity contribution in [3.63, 3.8) is 0 Å². The van der Waals surface area contributed by atoms with Gasteiger partial charge < -0.3 is 19.8 Å². The van der Waals surface area contributed by atoms with Crippen LogP contribution in [-0.2, 0) is 9.59 Å². The molecule has 0 atom stereocenters. The van der Waals surface area contributed by atoms with E-state index in [4.69, 9.17) is 0 Å². The van der Waals surface area contributed by atoms with E-state index in [1.54, 1.807) is 0 Å². The normalized spacial score (nSPS) is 8.20. The zero-order valence-electron chi connectivity index (χ0n) is 5.21. The molecule has 0 unspecified atom stereocenters. The third-order valence-electron chi connectivity index (χ3n) is 0.760. The molecule has 0 saturated heterocycles. The number of carboxylic acids is 2. The van der Waals surface area contributed by atoms with Crippen LogP contribution >= 0.6 is 0 Å². The molecule has 54 valence electrons. The Balaban J connectivity index is 4.37. The molecule has 0 aromatic heterocycles. The summed E-state index contributed by atoms with van der Waals surface area (Å²) in [5.74, 6) is -1.25. The largest absolute Gasteiger partial charge is 0.548 e. The van der Waals surface area contributed by atoms with Gasteiger partial charge in [-0.3, -0.25) is 0 Å². The molecule has 0 aliphatic rings. The molecule has 0 N–H and O–H groups in total. The van der Waals surface area contributed by atoms with Crippen LogP contribution in [-0.4, -0.2) is 11.9 Å². The Bertz CT molecular complexity index is 194. The highest BCUT2D eigenvalue weighted by Crippen LogP contribution is 1.88. The second kappa shape index (κ2) is 3.51. The molecule has 0 aromatic rings. The van der Waals surface area contributed by atoms with Crippen LogP contribution in [0.3, 0.4) is 0 Å². The van der Waals surface area contributed by atoms with E-state index in [1.165, 1.54) is 6.92 Å². The van der Waals surface area contributed by atoms with Gasteiger partial charge in [0.15, 0.2) is 0 Å². The highest BCUT2D eigenvalue weighted by molar-refractivity contribution is 5.94. The van der Waals surface area contributed by atoms with Crippen molar-refractivity contribution in [2.75, 3.05) is 0 Å². The summed E-state index contributed by atoms with van der Waals surface area (Å²) in [6.07, 6.45) is 0. The zero-order valence-corrected chi connectivity index (χ0v) is 5.21. The third-order valence-corrected chi connectivity index (χ3v) is 0.760. The standard InChI is InChI=1S/C6H6O4/c1-2-3-4(5(7)8)6(9)10/h4H,1H3,(H,7,8)(H,9,10)/p-2. The van der Waals surface area contributed by atoms with Gasteiger partial charge in [-0.15, -0.1) is 5.92 Å². The molecule has 0 aromatic carbocycles. The van der Waals surface area contributed by atoms with Crippen molar-refractivity contribution in [3.05, 3.63) is 0 Å². The maximum absolute atomic E-state index is 9.90. The van der Waals surface area contributed by atoms with Gasteiger partial charge in [0.05, 0.1) is 17.9 Å². The number of carbonyl (C=O) groups excluding carboxylic acids is 2. The Morgan fingerprint density at radius 2 is 1.70 bits per heavy atom. The van der Waals surface area contributed by atoms with Gasteiger partial charge in [-0.1, -0.05) is 5.92 Å². The molecule has 0 saturated carbocycles. The lowest BCUT2D eigenvalue weighted by molar-refractivity contribution is -0.328. The Morgan fingerprint density at radius 1 is 1.30 bits per heavy atom. The van der Waals surface area contributed by atoms with Gasteiger partial charge >= 0.3 is 0 Å². The fourth-order valence-corrected chi connectivity index (χ4v) is 0.358. The van der Waals surface area contributed by atoms with Crippen LogP contribution < -0.4 is 10.2 Å². The quantitative estimate of drug-likeness (QED) is 0.305. The summed E-state index contributed by atoms with van der Waals surface area (Å²) >= 11 is 0. The molecule has 4 nitrogen and oxygen atoms in total. The van der Waals surface area contributed by atoms with Crippen molar-refractivity contribution in [1.82, 2.24) is 0 Å². The molecule has 0 aliphatic carbocycles. The molecule has 0 amide bonds. The first kappa shape index (κ1) is 8.50. The fraction of sp³-hybridized carbons (Fsp3) is 0.333. The van der Waals surface area contributed by atoms with Crippen molar-refractivity contribution < 1.29 is 19.8 Å². The highest BCUT2D eigenvalue weighted by atomic mass is 16.4. The predicted octanol–water partition coefficient (Wildman–Crippen LogP) is -2.87. The van der Waals surface area contributed by atoms with E-state index in [-0.39, 0.29) is 0 Å². The van der Waals surface area contributed by atoms with Gasteiger partial charge in [0.2, 0.25) is 0 Å². The molecular weight excluding hydrogens is 136 g/mol. The van der Waals surface area contributed by atoms with Crippen LogP contribution in [0.2, 0.25) is 0 Å². The molecular formula is C6H4O4-2. The van der Waals surface area contributed by atoms with Crippen LogP contribution in [0.4, 0.5) is 0 Å². The topological polar surface area (TPSA) is 80.3 Å². The first-order valence-corrected chi connectivity index (χ1v) is 2.43. The molecule has 0 spiro atoms. The minimum Gasteiger partial charge on any atom is -0.548 e. The molecule has 0 aliphatic heterocycles. The second-order valence-corrected chi connectivity index (χ2v) is 1.47. The monoisotopic (exact) mass is 140 g/mol. The van der Waals surface area contributed by atoms with E-state index < -0.39 is 17.9 Å². The van der Waals surface area contributed by atoms with Crippen molar-refractivity contribution in [3.8, 4) is 11.8 Å². The fourth-order valence-electron chi connectivity index (χ4n) is 0.358. The maximum atomic E-state index is 9.90. The number of rotatable bonds is 2. The van der Waals surface area contributed by atoms with E-state index in [9.17, 15) is 19.8 Å². The van der Waals surface area contributed by atoms with E-state index in [0.717, 1.165) is 0 Å². The minimum absolute atomic E-state index is 1.33. The SMILES string of the molecule is CC#CC(C(=O)[O-])C(=O)[O-]. The average molecular weight is 140 g/mol. The lowest BCUT2D eigenvalue weighted by atomic mass is 10.1. The molecule has 0 bridgehead atoms. The maximum Gasteiger partial charge on any atom is 0.0991 e. The number of hydrogen-bond acceptors (Lipinski definition) is 4. The van der Waals surface area contributed by atoms with Crippen LogP contribution in [0.1, 0.15) is 6.92 Å². The lowest BCUT2D eigenvalue weighted by Crippen LogP contribution is -2.42. The van der Waals surface area contributed by atoms with Crippen molar-refractivity contribution >= 4 is 11.9 Å². The smallest absolute Gasteiger partial charge is 0.0991 e. The minimum atomic E-state index is -1.81. The Hall–Kier alpha value is -1.50. The lowest BCUT2D eigenvalue weighted by Gasteiger charge is -2.11. The van der Waals surface area contributed by atoms with Crippen LogP contribution in [0.25, 0.3) is 0 Å². The Kier molecular flexibility index (Phi) is 2.98. The number of carboxylic acid groups (broad SMARTS) is 2. The van der Waals surface area contributed by atoms with Gasteiger partial charge in [0.25, 0.3) is 0 Å². The second-order valence-electron chi connectivity index (χ2n) is 1.47. The van der Waals surface area contributed by atoms with Crippen LogP contribution in [0.15, 0.2) is 0 Å². The first-order valence-electron chi connectivity index (χ1n) is 2.43. The first-order chi connectivity index (χ1) is 4.59. The average Bonchev–Trinajstić information content (AvgIpc) is 1.81. The number of hydrogen-bond donors (Lipinski definition) is 0. The summed E-state index contributed by atoms with van der Waals surface area (Å²) in [7, 11) is 0. The molecule has 0 rings (SSSR count). The summed E-state index contributed by atoms with van der Waals surface area (Å²) in [6, 6.07) is 0. The van der Waals surface area contributed by atoms with Crippen molar-refractivity contribution in [2.24, 2.45) is 5.92 Å². The van der Waals surface area contributed by atoms with E-state index in [1.807, 2.05) is 5.92 Å². The van der Waals surface area contributed by atoms with Gasteiger partial charge in [-0.25, -0.2) is 0 Å². The number of carbonyl (C=O) groups is 2. The van der Waals surface area contributed by atoms with Crippen molar-refractivity contribution in [1.29, 1.82) is 0 Å². The van der Waals surface area contributed by atoms with Crippen LogP contribution in [0, 0.1) is 17.8 Å². The van der Waals surface area contributed by atoms with E-state index >= 15 is 0 Å². The zero-order chi connectivity index (χ0) is 8.15. The molecule has 0 radical (unpaired) electrons. The molecule has 0 heterocycles. The van der Waals surface area contributed by atoms with Crippen LogP contribution in [0.5, 0.6) is 0 Å². The highest BCUT2D eigenvalue weighted by Gasteiger charge is 2.05. The summed E-state index contributed by atoms with van der Waals surface area (Å²) in [4.78, 5) is 19.8. The molecule has 0 fully saturated rings. The van der Waals surface area contributed by atoms with Gasteiger partial charge in [0, 0.05) is 0 Å². The predicted molar refractivity (Wildman–Crippen MR) is 27.0 cm³/mol. The van der Waals surface area contributed by atoms with Gasteiger partial charge in [-0.05, 0) is 6.92 Å². The third kappa shape index (κ3) is 2.18. The Labute approximate surface area is 57.5 Å². The summed E-state index contributed by atoms with van der Waals surface area (Å²) in [5, 5.41) is 19.8.